The number of phenols is 1. The molecule has 0 amide bonds. The number of hydrogen-bond acceptors (Lipinski definition) is 5. The summed E-state index contributed by atoms with van der Waals surface area (Å²) in [6.45, 7) is 1.64. The standard InChI is InChI=1S/C11H8N4O3/c1-6-9(5-12)13-14-15(6)7-2-3-10(16)8(4-7)11(17)18/h2-4,16H,1H3,(H,17,18). The second kappa shape index (κ2) is 4.18. The van der Waals surface area contributed by atoms with Crippen LogP contribution >= 0.6 is 0 Å². The molecule has 0 saturated heterocycles. The monoisotopic (exact) mass is 244 g/mol. The lowest BCUT2D eigenvalue weighted by Gasteiger charge is -2.05. The lowest BCUT2D eigenvalue weighted by Crippen LogP contribution is -2.03. The van der Waals surface area contributed by atoms with E-state index in [0.29, 0.717) is 11.4 Å². The van der Waals surface area contributed by atoms with Gasteiger partial charge in [-0.15, -0.1) is 5.10 Å². The fourth-order valence-corrected chi connectivity index (χ4v) is 1.50. The summed E-state index contributed by atoms with van der Waals surface area (Å²) in [6.07, 6.45) is 0. The minimum Gasteiger partial charge on any atom is -0.507 e. The molecule has 2 aromatic rings. The second-order valence-electron chi connectivity index (χ2n) is 3.55. The fraction of sp³-hybridized carbons (Fsp3) is 0.0909. The van der Waals surface area contributed by atoms with Gasteiger partial charge in [-0.2, -0.15) is 5.26 Å². The van der Waals surface area contributed by atoms with Crippen LogP contribution < -0.4 is 0 Å². The third kappa shape index (κ3) is 1.76. The summed E-state index contributed by atoms with van der Waals surface area (Å²) in [5.41, 5.74) is 0.845. The van der Waals surface area contributed by atoms with Crippen LogP contribution in [0.5, 0.6) is 5.75 Å². The number of aromatic nitrogens is 3. The van der Waals surface area contributed by atoms with Gasteiger partial charge in [-0.05, 0) is 25.1 Å². The van der Waals surface area contributed by atoms with E-state index in [9.17, 15) is 9.90 Å². The van der Waals surface area contributed by atoms with E-state index in [4.69, 9.17) is 10.4 Å². The van der Waals surface area contributed by atoms with Crippen molar-refractivity contribution in [2.24, 2.45) is 0 Å². The highest BCUT2D eigenvalue weighted by Crippen LogP contribution is 2.21. The van der Waals surface area contributed by atoms with Crippen LogP contribution in [-0.4, -0.2) is 31.2 Å². The number of benzene rings is 1. The predicted molar refractivity (Wildman–Crippen MR) is 59.4 cm³/mol. The van der Waals surface area contributed by atoms with Crippen molar-refractivity contribution >= 4 is 5.97 Å². The molecular weight excluding hydrogens is 236 g/mol. The van der Waals surface area contributed by atoms with Crippen LogP contribution in [0.15, 0.2) is 18.2 Å². The van der Waals surface area contributed by atoms with Crippen LogP contribution in [0, 0.1) is 18.3 Å². The third-order valence-corrected chi connectivity index (χ3v) is 2.46. The minimum absolute atomic E-state index is 0.167. The summed E-state index contributed by atoms with van der Waals surface area (Å²) in [6, 6.07) is 5.88. The Hall–Kier alpha value is -2.88. The van der Waals surface area contributed by atoms with Crippen LogP contribution in [0.3, 0.4) is 0 Å². The Labute approximate surface area is 102 Å². The molecule has 0 aliphatic rings. The summed E-state index contributed by atoms with van der Waals surface area (Å²) >= 11 is 0. The number of nitriles is 1. The average Bonchev–Trinajstić information content (AvgIpc) is 2.71. The van der Waals surface area contributed by atoms with E-state index in [1.165, 1.54) is 22.9 Å². The van der Waals surface area contributed by atoms with Crippen molar-refractivity contribution in [1.82, 2.24) is 15.0 Å². The molecule has 2 rings (SSSR count). The number of aromatic carboxylic acids is 1. The van der Waals surface area contributed by atoms with Gasteiger partial charge in [0.2, 0.25) is 0 Å². The van der Waals surface area contributed by atoms with Crippen molar-refractivity contribution in [3.05, 3.63) is 35.2 Å². The SMILES string of the molecule is Cc1c(C#N)nnn1-c1ccc(O)c(C(=O)O)c1. The van der Waals surface area contributed by atoms with Crippen molar-refractivity contribution in [3.8, 4) is 17.5 Å². The molecule has 1 heterocycles. The van der Waals surface area contributed by atoms with Crippen molar-refractivity contribution in [3.63, 3.8) is 0 Å². The quantitative estimate of drug-likeness (QED) is 0.809. The van der Waals surface area contributed by atoms with Gasteiger partial charge in [-0.3, -0.25) is 0 Å². The molecule has 0 saturated carbocycles. The fourth-order valence-electron chi connectivity index (χ4n) is 1.50. The van der Waals surface area contributed by atoms with Gasteiger partial charge < -0.3 is 10.2 Å². The highest BCUT2D eigenvalue weighted by Gasteiger charge is 2.14. The molecule has 0 atom stereocenters. The highest BCUT2D eigenvalue weighted by atomic mass is 16.4. The van der Waals surface area contributed by atoms with Gasteiger partial charge in [-0.1, -0.05) is 5.21 Å². The Morgan fingerprint density at radius 3 is 2.78 bits per heavy atom. The van der Waals surface area contributed by atoms with Crippen molar-refractivity contribution in [2.75, 3.05) is 0 Å². The van der Waals surface area contributed by atoms with Gasteiger partial charge in [-0.25, -0.2) is 9.48 Å². The van der Waals surface area contributed by atoms with Gasteiger partial charge in [0.05, 0.1) is 11.4 Å². The second-order valence-corrected chi connectivity index (χ2v) is 3.55. The number of nitrogens with zero attached hydrogens (tertiary/aromatic N) is 4. The first-order valence-corrected chi connectivity index (χ1v) is 4.93. The molecule has 0 unspecified atom stereocenters. The molecule has 0 bridgehead atoms. The van der Waals surface area contributed by atoms with E-state index in [2.05, 4.69) is 10.3 Å². The Balaban J connectivity index is 2.58. The van der Waals surface area contributed by atoms with E-state index in [0.717, 1.165) is 0 Å². The van der Waals surface area contributed by atoms with Crippen LogP contribution in [0.4, 0.5) is 0 Å². The molecule has 0 radical (unpaired) electrons. The Morgan fingerprint density at radius 1 is 1.50 bits per heavy atom. The number of rotatable bonds is 2. The molecule has 1 aromatic heterocycles. The van der Waals surface area contributed by atoms with E-state index in [1.807, 2.05) is 6.07 Å². The number of aromatic hydroxyl groups is 1. The molecular formula is C11H8N4O3. The number of hydrogen-bond donors (Lipinski definition) is 2. The van der Waals surface area contributed by atoms with Gasteiger partial charge in [0, 0.05) is 0 Å². The first-order chi connectivity index (χ1) is 8.54. The molecule has 90 valence electrons. The molecule has 0 spiro atoms. The number of carboxylic acids is 1. The molecule has 0 aliphatic carbocycles. The minimum atomic E-state index is -1.24. The van der Waals surface area contributed by atoms with E-state index < -0.39 is 5.97 Å². The maximum Gasteiger partial charge on any atom is 0.339 e. The van der Waals surface area contributed by atoms with E-state index in [-0.39, 0.29) is 17.0 Å². The third-order valence-electron chi connectivity index (χ3n) is 2.46. The first-order valence-electron chi connectivity index (χ1n) is 4.93. The number of carbonyl (C=O) groups is 1. The molecule has 7 nitrogen and oxygen atoms in total. The molecule has 2 N–H and O–H groups in total. The maximum atomic E-state index is 10.9. The van der Waals surface area contributed by atoms with Crippen LogP contribution in [-0.2, 0) is 0 Å². The Morgan fingerprint density at radius 2 is 2.22 bits per heavy atom. The van der Waals surface area contributed by atoms with Gasteiger partial charge in [0.15, 0.2) is 5.69 Å². The Kier molecular flexibility index (Phi) is 2.69. The van der Waals surface area contributed by atoms with Gasteiger partial charge in [0.1, 0.15) is 17.4 Å². The van der Waals surface area contributed by atoms with Gasteiger partial charge in [0.25, 0.3) is 0 Å². The molecule has 1 aromatic carbocycles. The van der Waals surface area contributed by atoms with Crippen molar-refractivity contribution < 1.29 is 15.0 Å². The normalized spacial score (nSPS) is 10.0. The Bertz CT molecular complexity index is 669. The number of carboxylic acid groups (broad SMARTS) is 1. The largest absolute Gasteiger partial charge is 0.507 e. The molecule has 0 aliphatic heterocycles. The van der Waals surface area contributed by atoms with E-state index >= 15 is 0 Å². The van der Waals surface area contributed by atoms with Crippen LogP contribution in [0.1, 0.15) is 21.7 Å². The van der Waals surface area contributed by atoms with Crippen LogP contribution in [0.25, 0.3) is 5.69 Å². The lowest BCUT2D eigenvalue weighted by molar-refractivity contribution is 0.0693. The first kappa shape index (κ1) is 11.6. The highest BCUT2D eigenvalue weighted by molar-refractivity contribution is 5.91. The summed E-state index contributed by atoms with van der Waals surface area (Å²) in [5.74, 6) is -1.57. The van der Waals surface area contributed by atoms with Crippen molar-refractivity contribution in [1.29, 1.82) is 5.26 Å². The van der Waals surface area contributed by atoms with Crippen LogP contribution in [0.2, 0.25) is 0 Å². The zero-order chi connectivity index (χ0) is 13.3. The zero-order valence-corrected chi connectivity index (χ0v) is 9.32. The summed E-state index contributed by atoms with van der Waals surface area (Å²) < 4.78 is 1.34. The summed E-state index contributed by atoms with van der Waals surface area (Å²) in [5, 5.41) is 34.5. The lowest BCUT2D eigenvalue weighted by atomic mass is 10.1. The summed E-state index contributed by atoms with van der Waals surface area (Å²) in [4.78, 5) is 10.9. The van der Waals surface area contributed by atoms with E-state index in [1.54, 1.807) is 6.92 Å². The maximum absolute atomic E-state index is 10.9. The predicted octanol–water partition coefficient (Wildman–Crippen LogP) is 0.851. The zero-order valence-electron chi connectivity index (χ0n) is 9.32. The molecule has 18 heavy (non-hydrogen) atoms. The average molecular weight is 244 g/mol. The smallest absolute Gasteiger partial charge is 0.339 e. The van der Waals surface area contributed by atoms with Crippen molar-refractivity contribution in [2.45, 2.75) is 6.92 Å². The molecule has 7 heteroatoms. The summed E-state index contributed by atoms with van der Waals surface area (Å²) in [7, 11) is 0. The van der Waals surface area contributed by atoms with Gasteiger partial charge >= 0.3 is 5.97 Å². The topological polar surface area (TPSA) is 112 Å². The molecule has 0 fully saturated rings.